The lowest BCUT2D eigenvalue weighted by Gasteiger charge is -2.12. The number of nitrogens with zero attached hydrogens (tertiary/aromatic N) is 4. The van der Waals surface area contributed by atoms with Gasteiger partial charge in [-0.15, -0.1) is 11.3 Å². The van der Waals surface area contributed by atoms with Crippen LogP contribution in [0.25, 0.3) is 10.6 Å². The highest BCUT2D eigenvalue weighted by molar-refractivity contribution is 7.13. The number of thiophene rings is 1. The lowest BCUT2D eigenvalue weighted by Crippen LogP contribution is -2.18. The summed E-state index contributed by atoms with van der Waals surface area (Å²) < 4.78 is 6.90. The fourth-order valence-corrected chi connectivity index (χ4v) is 3.14. The van der Waals surface area contributed by atoms with Crippen LogP contribution in [0.4, 0.5) is 5.69 Å². The summed E-state index contributed by atoms with van der Waals surface area (Å²) in [5.74, 6) is -0.253. The standard InChI is InChI=1S/C17H19N5O2S/c1-5-24-17-18-10(2)15(11(3)19-17)20-16(23)13-9-12(21-22(13)4)14-7-6-8-25-14/h6-9H,5H2,1-4H3,(H,20,23). The zero-order valence-electron chi connectivity index (χ0n) is 14.5. The van der Waals surface area contributed by atoms with Crippen molar-refractivity contribution in [3.8, 4) is 16.6 Å². The number of rotatable bonds is 5. The highest BCUT2D eigenvalue weighted by atomic mass is 32.1. The van der Waals surface area contributed by atoms with E-state index in [4.69, 9.17) is 4.74 Å². The summed E-state index contributed by atoms with van der Waals surface area (Å²) in [7, 11) is 1.75. The summed E-state index contributed by atoms with van der Waals surface area (Å²) in [5.41, 5.74) is 3.15. The van der Waals surface area contributed by atoms with E-state index in [0.717, 1.165) is 10.6 Å². The second-order valence-electron chi connectivity index (χ2n) is 5.45. The van der Waals surface area contributed by atoms with Crippen LogP contribution in [0.1, 0.15) is 28.8 Å². The first-order chi connectivity index (χ1) is 12.0. The van der Waals surface area contributed by atoms with E-state index in [1.807, 2.05) is 38.3 Å². The Morgan fingerprint density at radius 2 is 2.04 bits per heavy atom. The van der Waals surface area contributed by atoms with Gasteiger partial charge in [-0.1, -0.05) is 6.07 Å². The van der Waals surface area contributed by atoms with Gasteiger partial charge in [0.1, 0.15) is 11.4 Å². The van der Waals surface area contributed by atoms with Crippen molar-refractivity contribution in [2.24, 2.45) is 7.05 Å². The van der Waals surface area contributed by atoms with E-state index >= 15 is 0 Å². The van der Waals surface area contributed by atoms with Gasteiger partial charge in [0.25, 0.3) is 5.91 Å². The van der Waals surface area contributed by atoms with Gasteiger partial charge in [0, 0.05) is 7.05 Å². The summed E-state index contributed by atoms with van der Waals surface area (Å²) in [4.78, 5) is 22.2. The second kappa shape index (κ2) is 7.02. The van der Waals surface area contributed by atoms with Crippen molar-refractivity contribution in [2.75, 3.05) is 11.9 Å². The van der Waals surface area contributed by atoms with Gasteiger partial charge in [-0.3, -0.25) is 9.48 Å². The summed E-state index contributed by atoms with van der Waals surface area (Å²) in [5, 5.41) is 9.28. The number of aromatic nitrogens is 4. The SMILES string of the molecule is CCOc1nc(C)c(NC(=O)c2cc(-c3cccs3)nn2C)c(C)n1. The topological polar surface area (TPSA) is 81.9 Å². The molecule has 0 radical (unpaired) electrons. The van der Waals surface area contributed by atoms with Gasteiger partial charge in [0.05, 0.1) is 28.6 Å². The van der Waals surface area contributed by atoms with Crippen LogP contribution >= 0.6 is 11.3 Å². The highest BCUT2D eigenvalue weighted by Gasteiger charge is 2.18. The molecule has 130 valence electrons. The van der Waals surface area contributed by atoms with Crippen LogP contribution in [0, 0.1) is 13.8 Å². The second-order valence-corrected chi connectivity index (χ2v) is 6.40. The van der Waals surface area contributed by atoms with Crippen LogP contribution in [0.15, 0.2) is 23.6 Å². The van der Waals surface area contributed by atoms with Gasteiger partial charge >= 0.3 is 6.01 Å². The lowest BCUT2D eigenvalue weighted by atomic mass is 10.2. The molecule has 0 fully saturated rings. The molecule has 0 saturated heterocycles. The molecule has 25 heavy (non-hydrogen) atoms. The number of nitrogens with one attached hydrogen (secondary N) is 1. The Hall–Kier alpha value is -2.74. The van der Waals surface area contributed by atoms with Crippen LogP contribution < -0.4 is 10.1 Å². The minimum Gasteiger partial charge on any atom is -0.464 e. The Kier molecular flexibility index (Phi) is 4.80. The Morgan fingerprint density at radius 1 is 1.32 bits per heavy atom. The minimum absolute atomic E-state index is 0.253. The van der Waals surface area contributed by atoms with Gasteiger partial charge < -0.3 is 10.1 Å². The number of hydrogen-bond acceptors (Lipinski definition) is 6. The van der Waals surface area contributed by atoms with E-state index in [-0.39, 0.29) is 5.91 Å². The lowest BCUT2D eigenvalue weighted by molar-refractivity contribution is 0.101. The Morgan fingerprint density at radius 3 is 2.64 bits per heavy atom. The number of amides is 1. The summed E-state index contributed by atoms with van der Waals surface area (Å²) >= 11 is 1.58. The molecule has 0 aliphatic heterocycles. The number of ether oxygens (including phenoxy) is 1. The molecule has 0 bridgehead atoms. The quantitative estimate of drug-likeness (QED) is 0.758. The molecule has 0 unspecified atom stereocenters. The molecule has 3 aromatic rings. The maximum absolute atomic E-state index is 12.7. The number of hydrogen-bond donors (Lipinski definition) is 1. The Balaban J connectivity index is 1.86. The molecular weight excluding hydrogens is 338 g/mol. The monoisotopic (exact) mass is 357 g/mol. The van der Waals surface area contributed by atoms with Crippen molar-refractivity contribution in [3.05, 3.63) is 40.7 Å². The van der Waals surface area contributed by atoms with Crippen molar-refractivity contribution >= 4 is 22.9 Å². The fourth-order valence-electron chi connectivity index (χ4n) is 2.46. The molecule has 3 aromatic heterocycles. The third-order valence-electron chi connectivity index (χ3n) is 3.65. The zero-order valence-corrected chi connectivity index (χ0v) is 15.3. The number of aryl methyl sites for hydroxylation is 3. The van der Waals surface area contributed by atoms with E-state index in [0.29, 0.717) is 35.4 Å². The summed E-state index contributed by atoms with van der Waals surface area (Å²) in [6.07, 6.45) is 0. The van der Waals surface area contributed by atoms with Crippen LogP contribution in [-0.2, 0) is 7.05 Å². The van der Waals surface area contributed by atoms with Gasteiger partial charge in [-0.2, -0.15) is 15.1 Å². The summed E-state index contributed by atoms with van der Waals surface area (Å²) in [6, 6.07) is 6.03. The smallest absolute Gasteiger partial charge is 0.316 e. The molecule has 0 spiro atoms. The molecule has 8 heteroatoms. The maximum atomic E-state index is 12.7. The average Bonchev–Trinajstić information content (AvgIpc) is 3.20. The molecule has 7 nitrogen and oxygen atoms in total. The first kappa shape index (κ1) is 17.1. The first-order valence-electron chi connectivity index (χ1n) is 7.87. The van der Waals surface area contributed by atoms with Crippen molar-refractivity contribution in [1.82, 2.24) is 19.7 Å². The molecule has 3 heterocycles. The molecule has 0 aromatic carbocycles. The average molecular weight is 357 g/mol. The van der Waals surface area contributed by atoms with Crippen molar-refractivity contribution < 1.29 is 9.53 Å². The Labute approximate surface area is 149 Å². The minimum atomic E-state index is -0.253. The van der Waals surface area contributed by atoms with Crippen molar-refractivity contribution in [1.29, 1.82) is 0 Å². The van der Waals surface area contributed by atoms with Crippen LogP contribution in [0.3, 0.4) is 0 Å². The predicted molar refractivity (Wildman–Crippen MR) is 97.1 cm³/mol. The van der Waals surface area contributed by atoms with E-state index < -0.39 is 0 Å². The van der Waals surface area contributed by atoms with Gasteiger partial charge in [-0.05, 0) is 38.3 Å². The third-order valence-corrected chi connectivity index (χ3v) is 4.54. The van der Waals surface area contributed by atoms with Gasteiger partial charge in [0.2, 0.25) is 0 Å². The molecule has 0 atom stereocenters. The normalized spacial score (nSPS) is 10.7. The van der Waals surface area contributed by atoms with Gasteiger partial charge in [-0.25, -0.2) is 0 Å². The zero-order chi connectivity index (χ0) is 18.0. The molecule has 1 N–H and O–H groups in total. The van der Waals surface area contributed by atoms with E-state index in [2.05, 4.69) is 20.4 Å². The number of carbonyl (C=O) groups is 1. The van der Waals surface area contributed by atoms with Crippen LogP contribution in [0.5, 0.6) is 6.01 Å². The van der Waals surface area contributed by atoms with E-state index in [1.165, 1.54) is 0 Å². The molecule has 0 saturated carbocycles. The largest absolute Gasteiger partial charge is 0.464 e. The number of carbonyl (C=O) groups excluding carboxylic acids is 1. The van der Waals surface area contributed by atoms with Crippen LogP contribution in [-0.4, -0.2) is 32.3 Å². The number of anilines is 1. The van der Waals surface area contributed by atoms with Crippen LogP contribution in [0.2, 0.25) is 0 Å². The molecular formula is C17H19N5O2S. The molecule has 3 rings (SSSR count). The Bertz CT molecular complexity index is 879. The molecule has 0 aliphatic carbocycles. The molecule has 0 aliphatic rings. The third kappa shape index (κ3) is 3.53. The fraction of sp³-hybridized carbons (Fsp3) is 0.294. The predicted octanol–water partition coefficient (Wildman–Crippen LogP) is 3.21. The highest BCUT2D eigenvalue weighted by Crippen LogP contribution is 2.25. The van der Waals surface area contributed by atoms with Crippen molar-refractivity contribution in [2.45, 2.75) is 20.8 Å². The van der Waals surface area contributed by atoms with E-state index in [1.54, 1.807) is 29.1 Å². The maximum Gasteiger partial charge on any atom is 0.316 e. The first-order valence-corrected chi connectivity index (χ1v) is 8.75. The summed E-state index contributed by atoms with van der Waals surface area (Å²) in [6.45, 7) is 5.99. The van der Waals surface area contributed by atoms with E-state index in [9.17, 15) is 4.79 Å². The molecule has 1 amide bonds. The van der Waals surface area contributed by atoms with Gasteiger partial charge in [0.15, 0.2) is 0 Å². The van der Waals surface area contributed by atoms with Crippen molar-refractivity contribution in [3.63, 3.8) is 0 Å².